The van der Waals surface area contributed by atoms with Gasteiger partial charge in [-0.3, -0.25) is 33.8 Å². The summed E-state index contributed by atoms with van der Waals surface area (Å²) in [6.45, 7) is 15.7. The van der Waals surface area contributed by atoms with Crippen LogP contribution in [0.1, 0.15) is 80.1 Å². The van der Waals surface area contributed by atoms with Crippen molar-refractivity contribution in [2.45, 2.75) is 221 Å². The van der Waals surface area contributed by atoms with E-state index in [-0.39, 0.29) is 81.0 Å². The summed E-state index contributed by atoms with van der Waals surface area (Å²) in [6, 6.07) is -3.68. The molecule has 0 aromatic rings. The third-order valence-electron chi connectivity index (χ3n) is 17.5. The molecule has 0 aromatic carbocycles. The fourth-order valence-corrected chi connectivity index (χ4v) is 11.1. The normalized spacial score (nSPS) is 31.3. The van der Waals surface area contributed by atoms with Gasteiger partial charge in [-0.05, 0) is 59.3 Å². The van der Waals surface area contributed by atoms with Crippen LogP contribution in [0.4, 0.5) is 0 Å². The van der Waals surface area contributed by atoms with Gasteiger partial charge in [-0.15, -0.1) is 0 Å². The molecule has 0 saturated carbocycles. The van der Waals surface area contributed by atoms with Crippen molar-refractivity contribution in [1.82, 2.24) is 26.2 Å². The van der Waals surface area contributed by atoms with Crippen LogP contribution < -0.4 is 63.5 Å². The molecule has 40 heteroatoms. The van der Waals surface area contributed by atoms with E-state index in [1.165, 1.54) is 0 Å². The molecule has 99 heavy (non-hydrogen) atoms. The van der Waals surface area contributed by atoms with Crippen molar-refractivity contribution in [2.75, 3.05) is 112 Å². The van der Waals surface area contributed by atoms with E-state index >= 15 is 0 Å². The summed E-state index contributed by atoms with van der Waals surface area (Å²) in [7, 11) is 0. The molecule has 20 unspecified atom stereocenters. The standard InChI is InChI=1S/C59H104N6O32.ClH.Na/c1-7-63(8-2)19-21-65(11-5,12-6)22-24-86-29-37-53(46(79)51(84)59(92-37)97-62-35(27-68)15-18-42(73)74)94-57-49(82)45(78)54(38(90-57)30-87-32-43(75)76)95-56-48(81)44(77)52(36(89-56)28-85-23-20-64(9-3)10-4)93-58-50(83)47(80)55(96-61-34(26-67)14-17-41(71)72)39(91-58)31-88-60-33(25-66)13-16-40(69)70;;/h25-27,33-39,44-62,77-84H,7-24,28-32H2,1-6H3,(H3-,69,70,71,72,73,74,75,76);1H;/q;;+1/p-1/t33-,34-,35-,36?,37?,38?,39?,44?,45?,46?,47?,48?,49?,50?,51?,52?,53?,54?,55?,56?,57?,58?,59?;;/m0../s1. The minimum atomic E-state index is -2.23. The van der Waals surface area contributed by atoms with Crippen molar-refractivity contribution in [1.29, 1.82) is 0 Å². The Hall–Kier alpha value is -2.90. The van der Waals surface area contributed by atoms with Gasteiger partial charge >= 0.3 is 47.5 Å². The Morgan fingerprint density at radius 1 is 0.475 bits per heavy atom. The smallest absolute Gasteiger partial charge is 1.00 e. The van der Waals surface area contributed by atoms with Crippen LogP contribution in [0.15, 0.2) is 0 Å². The van der Waals surface area contributed by atoms with Gasteiger partial charge < -0.3 is 150 Å². The van der Waals surface area contributed by atoms with E-state index in [9.17, 15) is 89.7 Å². The summed E-state index contributed by atoms with van der Waals surface area (Å²) in [5, 5.41) is 133. The summed E-state index contributed by atoms with van der Waals surface area (Å²) < 4.78 is 61.0. The van der Waals surface area contributed by atoms with E-state index in [2.05, 4.69) is 49.0 Å². The van der Waals surface area contributed by atoms with Crippen LogP contribution in [0.2, 0.25) is 0 Å². The topological polar surface area (TPSA) is 528 Å². The number of quaternary nitrogens is 1. The zero-order valence-electron chi connectivity index (χ0n) is 57.0. The molecule has 4 aliphatic heterocycles. The second kappa shape index (κ2) is 48.3. The first-order valence-corrected chi connectivity index (χ1v) is 32.7. The third-order valence-corrected chi connectivity index (χ3v) is 17.5. The predicted octanol–water partition coefficient (Wildman–Crippen LogP) is -13.5. The number of carboxylic acids is 4. The fourth-order valence-electron chi connectivity index (χ4n) is 11.1. The maximum Gasteiger partial charge on any atom is 1.00 e. The number of aliphatic hydroxyl groups excluding tert-OH is 8. The number of hydrogen-bond donors (Lipinski definition) is 14. The summed E-state index contributed by atoms with van der Waals surface area (Å²) in [4.78, 5) is 102. The Morgan fingerprint density at radius 2 is 0.828 bits per heavy atom. The van der Waals surface area contributed by atoms with Crippen molar-refractivity contribution >= 4 is 42.7 Å². The van der Waals surface area contributed by atoms with E-state index in [0.717, 1.165) is 39.3 Å². The number of carboxylic acid groups (broad SMARTS) is 4. The maximum absolute atomic E-state index is 12.0. The van der Waals surface area contributed by atoms with Crippen molar-refractivity contribution in [3.8, 4) is 0 Å². The molecule has 4 saturated heterocycles. The average molecular weight is 1470 g/mol. The Bertz CT molecular complexity index is 2320. The number of hydrogen-bond acceptors (Lipinski definition) is 34. The first kappa shape index (κ1) is 92.2. The molecule has 23 atom stereocenters. The molecule has 0 radical (unpaired) electrons. The molecule has 4 heterocycles. The maximum atomic E-state index is 12.0. The van der Waals surface area contributed by atoms with Gasteiger partial charge in [0.25, 0.3) is 0 Å². The van der Waals surface area contributed by atoms with Crippen LogP contribution in [0, 0.1) is 0 Å². The van der Waals surface area contributed by atoms with E-state index in [1.807, 2.05) is 18.7 Å². The van der Waals surface area contributed by atoms with E-state index in [0.29, 0.717) is 49.5 Å². The number of halogens is 1. The molecule has 4 aliphatic rings. The van der Waals surface area contributed by atoms with Gasteiger partial charge in [-0.1, -0.05) is 27.7 Å². The Balaban J connectivity index is 0.0000167. The number of hydroxylamine groups is 3. The molecule has 570 valence electrons. The number of carbonyl (C=O) groups excluding carboxylic acids is 4. The summed E-state index contributed by atoms with van der Waals surface area (Å²) >= 11 is 0. The minimum absolute atomic E-state index is 0. The number of carbonyl (C=O) groups is 7. The molecule has 38 nitrogen and oxygen atoms in total. The number of likely N-dealkylation sites (N-methyl/N-ethyl adjacent to an activating group) is 3. The second-order valence-electron chi connectivity index (χ2n) is 23.8. The van der Waals surface area contributed by atoms with Crippen LogP contribution in [-0.2, 0) is 95.4 Å². The zero-order valence-corrected chi connectivity index (χ0v) is 59.7. The van der Waals surface area contributed by atoms with E-state index in [4.69, 9.17) is 67.0 Å². The van der Waals surface area contributed by atoms with E-state index in [1.54, 1.807) is 0 Å². The van der Waals surface area contributed by atoms with Gasteiger partial charge in [-0.2, -0.15) is 16.4 Å². The van der Waals surface area contributed by atoms with E-state index < -0.39 is 211 Å². The summed E-state index contributed by atoms with van der Waals surface area (Å²) in [5.41, 5.74) is 7.01. The summed E-state index contributed by atoms with van der Waals surface area (Å²) in [5.74, 6) is -5.40. The second-order valence-corrected chi connectivity index (χ2v) is 23.8. The van der Waals surface area contributed by atoms with Crippen LogP contribution in [-0.4, -0.2) is 366 Å². The monoisotopic (exact) mass is 1470 g/mol. The van der Waals surface area contributed by atoms with Gasteiger partial charge in [0.2, 0.25) is 6.29 Å². The van der Waals surface area contributed by atoms with Crippen LogP contribution in [0.25, 0.3) is 0 Å². The molecular formula is C59H104ClN6NaO32. The number of ether oxygens (including phenoxy) is 10. The molecule has 0 spiro atoms. The summed E-state index contributed by atoms with van der Waals surface area (Å²) in [6.07, 6.45) is -39.5. The number of nitrogens with one attached hydrogen (secondary N) is 3. The van der Waals surface area contributed by atoms with Crippen LogP contribution in [0.3, 0.4) is 0 Å². The van der Waals surface area contributed by atoms with Gasteiger partial charge in [0.05, 0.1) is 90.0 Å². The molecule has 14 N–H and O–H groups in total. The minimum Gasteiger partial charge on any atom is -1.00 e. The van der Waals surface area contributed by atoms with Crippen LogP contribution in [0.5, 0.6) is 0 Å². The molecule has 0 aromatic heterocycles. The first-order valence-electron chi connectivity index (χ1n) is 32.7. The first-order chi connectivity index (χ1) is 46.3. The van der Waals surface area contributed by atoms with Crippen molar-refractivity contribution < 1.29 is 203 Å². The van der Waals surface area contributed by atoms with Gasteiger partial charge in [-0.25, -0.2) is 0 Å². The number of aliphatic carboxylic acids is 4. The van der Waals surface area contributed by atoms with Crippen molar-refractivity contribution in [3.63, 3.8) is 0 Å². The van der Waals surface area contributed by atoms with Crippen LogP contribution >= 0.6 is 0 Å². The van der Waals surface area contributed by atoms with Crippen molar-refractivity contribution in [2.24, 2.45) is 0 Å². The number of aliphatic hydroxyl groups is 8. The number of nitrogens with zero attached hydrogens (tertiary/aromatic N) is 3. The molecule has 0 bridgehead atoms. The largest absolute Gasteiger partial charge is 1.00 e. The third kappa shape index (κ3) is 29.5. The number of rotatable bonds is 51. The molecule has 0 amide bonds. The van der Waals surface area contributed by atoms with Gasteiger partial charge in [0.15, 0.2) is 18.9 Å². The number of aldehydes is 3. The molecule has 4 fully saturated rings. The fraction of sp³-hybridized carbons (Fsp3) is 0.881. The molecule has 4 rings (SSSR count). The Kier molecular flexibility index (Phi) is 44.9. The SMILES string of the molecule is CCN(CC)CCOCC1OC(OC2C(COCC(=O)[O-])OC(OC3C(COCC[N+](CC)(CC)CCN(CC)CC)OC(ON[C@H](C=O)CCC(=O)O)C(O)C3O)C(O)C2O)C(O)C(O)C1OC1OC(CON[C@H](C=O)CCC(=O)O)C(ON[C@H](C=O)CCC(=O)O)C(O)C1O.[Cl-].[Na+]. The van der Waals surface area contributed by atoms with Crippen molar-refractivity contribution in [3.05, 3.63) is 0 Å². The zero-order chi connectivity index (χ0) is 71.9. The Labute approximate surface area is 602 Å². The average Bonchev–Trinajstić information content (AvgIpc) is 0.779. The van der Waals surface area contributed by atoms with Gasteiger partial charge in [0.1, 0.15) is 123 Å². The van der Waals surface area contributed by atoms with Gasteiger partial charge in [0, 0.05) is 32.4 Å². The quantitative estimate of drug-likeness (QED) is 0.00884. The Morgan fingerprint density at radius 3 is 1.22 bits per heavy atom. The predicted molar refractivity (Wildman–Crippen MR) is 323 cm³/mol. The molecule has 0 aliphatic carbocycles. The molecular weight excluding hydrogens is 1360 g/mol.